The molecule has 0 spiro atoms. The second kappa shape index (κ2) is 5.95. The number of hydrogen-bond donors (Lipinski definition) is 1. The number of imidazole rings is 1. The Morgan fingerprint density at radius 2 is 1.62 bits per heavy atom. The van der Waals surface area contributed by atoms with Gasteiger partial charge in [-0.1, -0.05) is 29.8 Å². The molecule has 1 aliphatic rings. The summed E-state index contributed by atoms with van der Waals surface area (Å²) in [5, 5.41) is 3.44. The molecule has 0 atom stereocenters. The van der Waals surface area contributed by atoms with Crippen LogP contribution in [0.25, 0.3) is 16.9 Å². The number of hydrogen-bond acceptors (Lipinski definition) is 3. The fourth-order valence-corrected chi connectivity index (χ4v) is 3.59. The molecule has 3 aromatic rings. The Bertz CT molecular complexity index is 871. The first-order valence-electron chi connectivity index (χ1n) is 8.66. The predicted molar refractivity (Wildman–Crippen MR) is 99.9 cm³/mol. The minimum atomic E-state index is 1.01. The normalized spacial score (nSPS) is 15.2. The summed E-state index contributed by atoms with van der Waals surface area (Å²) in [6.07, 6.45) is 0. The number of anilines is 1. The number of rotatable bonds is 2. The largest absolute Gasteiger partial charge is 0.353 e. The molecule has 4 rings (SSSR count). The van der Waals surface area contributed by atoms with Gasteiger partial charge in [-0.15, -0.1) is 0 Å². The van der Waals surface area contributed by atoms with Gasteiger partial charge < -0.3 is 10.2 Å². The second-order valence-corrected chi connectivity index (χ2v) is 6.75. The van der Waals surface area contributed by atoms with Crippen molar-refractivity contribution in [2.75, 3.05) is 31.1 Å². The van der Waals surface area contributed by atoms with Crippen LogP contribution in [0, 0.1) is 20.8 Å². The highest BCUT2D eigenvalue weighted by Gasteiger charge is 2.22. The molecule has 0 radical (unpaired) electrons. The molecule has 24 heavy (non-hydrogen) atoms. The predicted octanol–water partition coefficient (Wildman–Crippen LogP) is 3.34. The Balaban J connectivity index is 1.97. The fourth-order valence-electron chi connectivity index (χ4n) is 3.59. The third-order valence-electron chi connectivity index (χ3n) is 4.77. The first-order chi connectivity index (χ1) is 11.6. The van der Waals surface area contributed by atoms with Crippen molar-refractivity contribution in [3.63, 3.8) is 0 Å². The summed E-state index contributed by atoms with van der Waals surface area (Å²) in [5.74, 6) is 1.23. The van der Waals surface area contributed by atoms with Crippen LogP contribution in [0.1, 0.15) is 16.8 Å². The van der Waals surface area contributed by atoms with Crippen molar-refractivity contribution in [1.82, 2.24) is 14.7 Å². The first kappa shape index (κ1) is 15.2. The van der Waals surface area contributed by atoms with Gasteiger partial charge in [-0.2, -0.15) is 0 Å². The highest BCUT2D eigenvalue weighted by molar-refractivity contribution is 5.78. The van der Waals surface area contributed by atoms with E-state index >= 15 is 0 Å². The molecule has 124 valence electrons. The number of nitrogens with one attached hydrogen (secondary N) is 1. The van der Waals surface area contributed by atoms with E-state index in [1.165, 1.54) is 28.2 Å². The maximum Gasteiger partial charge on any atom is 0.141 e. The molecule has 1 N–H and O–H groups in total. The Morgan fingerprint density at radius 3 is 2.33 bits per heavy atom. The minimum Gasteiger partial charge on any atom is -0.353 e. The van der Waals surface area contributed by atoms with Crippen LogP contribution < -0.4 is 10.2 Å². The lowest BCUT2D eigenvalue weighted by atomic mass is 10.1. The second-order valence-electron chi connectivity index (χ2n) is 6.75. The van der Waals surface area contributed by atoms with Crippen LogP contribution in [0.5, 0.6) is 0 Å². The lowest BCUT2D eigenvalue weighted by Gasteiger charge is -2.30. The standard InChI is InChI=1S/C20H24N4/c1-14-4-6-17(7-5-14)19-20(23-10-8-21-9-11-23)24-16(3)12-15(2)13-18(24)22-19/h4-7,12-13,21H,8-11H2,1-3H3. The smallest absolute Gasteiger partial charge is 0.141 e. The quantitative estimate of drug-likeness (QED) is 0.786. The van der Waals surface area contributed by atoms with E-state index in [-0.39, 0.29) is 0 Å². The van der Waals surface area contributed by atoms with Crippen LogP contribution in [-0.4, -0.2) is 35.6 Å². The van der Waals surface area contributed by atoms with Crippen LogP contribution in [-0.2, 0) is 0 Å². The summed E-state index contributed by atoms with van der Waals surface area (Å²) >= 11 is 0. The Hall–Kier alpha value is -2.33. The molecule has 1 fully saturated rings. The van der Waals surface area contributed by atoms with Crippen molar-refractivity contribution in [3.8, 4) is 11.3 Å². The Kier molecular flexibility index (Phi) is 3.77. The number of pyridine rings is 1. The number of fused-ring (bicyclic) bond motifs is 1. The fraction of sp³-hybridized carbons (Fsp3) is 0.350. The molecule has 4 nitrogen and oxygen atoms in total. The van der Waals surface area contributed by atoms with Gasteiger partial charge in [-0.25, -0.2) is 4.98 Å². The summed E-state index contributed by atoms with van der Waals surface area (Å²) in [4.78, 5) is 7.48. The zero-order valence-electron chi connectivity index (χ0n) is 14.6. The molecular formula is C20H24N4. The molecule has 0 saturated carbocycles. The first-order valence-corrected chi connectivity index (χ1v) is 8.66. The molecule has 0 amide bonds. The lowest BCUT2D eigenvalue weighted by Crippen LogP contribution is -2.44. The van der Waals surface area contributed by atoms with E-state index in [9.17, 15) is 0 Å². The highest BCUT2D eigenvalue weighted by atomic mass is 15.3. The zero-order valence-corrected chi connectivity index (χ0v) is 14.6. The van der Waals surface area contributed by atoms with E-state index in [2.05, 4.69) is 71.8 Å². The summed E-state index contributed by atoms with van der Waals surface area (Å²) in [6.45, 7) is 10.5. The average molecular weight is 320 g/mol. The molecule has 0 bridgehead atoms. The zero-order chi connectivity index (χ0) is 16.7. The summed E-state index contributed by atoms with van der Waals surface area (Å²) in [7, 11) is 0. The highest BCUT2D eigenvalue weighted by Crippen LogP contribution is 2.33. The van der Waals surface area contributed by atoms with Crippen LogP contribution in [0.2, 0.25) is 0 Å². The summed E-state index contributed by atoms with van der Waals surface area (Å²) in [6, 6.07) is 13.1. The van der Waals surface area contributed by atoms with Crippen molar-refractivity contribution in [1.29, 1.82) is 0 Å². The van der Waals surface area contributed by atoms with Crippen molar-refractivity contribution in [2.24, 2.45) is 0 Å². The van der Waals surface area contributed by atoms with E-state index in [0.29, 0.717) is 0 Å². The third-order valence-corrected chi connectivity index (χ3v) is 4.77. The van der Waals surface area contributed by atoms with Crippen LogP contribution in [0.4, 0.5) is 5.82 Å². The van der Waals surface area contributed by atoms with Crippen LogP contribution in [0.15, 0.2) is 36.4 Å². The van der Waals surface area contributed by atoms with Crippen molar-refractivity contribution < 1.29 is 0 Å². The van der Waals surface area contributed by atoms with E-state index in [1.54, 1.807) is 0 Å². The Morgan fingerprint density at radius 1 is 0.917 bits per heavy atom. The topological polar surface area (TPSA) is 32.6 Å². The van der Waals surface area contributed by atoms with Gasteiger partial charge in [-0.05, 0) is 38.5 Å². The molecule has 0 aliphatic carbocycles. The molecule has 2 aromatic heterocycles. The summed E-state index contributed by atoms with van der Waals surface area (Å²) < 4.78 is 2.31. The minimum absolute atomic E-state index is 1.01. The van der Waals surface area contributed by atoms with E-state index in [4.69, 9.17) is 4.98 Å². The third kappa shape index (κ3) is 2.57. The van der Waals surface area contributed by atoms with Gasteiger partial charge in [0.05, 0.1) is 0 Å². The summed E-state index contributed by atoms with van der Waals surface area (Å²) in [5.41, 5.74) is 7.09. The monoisotopic (exact) mass is 320 g/mol. The number of aryl methyl sites for hydroxylation is 3. The molecular weight excluding hydrogens is 296 g/mol. The van der Waals surface area contributed by atoms with Crippen LogP contribution >= 0.6 is 0 Å². The molecule has 1 saturated heterocycles. The molecule has 4 heteroatoms. The van der Waals surface area contributed by atoms with Crippen molar-refractivity contribution >= 4 is 11.5 Å². The van der Waals surface area contributed by atoms with Gasteiger partial charge >= 0.3 is 0 Å². The maximum atomic E-state index is 5.01. The maximum absolute atomic E-state index is 5.01. The number of aromatic nitrogens is 2. The Labute approximate surface area is 143 Å². The molecule has 1 aromatic carbocycles. The van der Waals surface area contributed by atoms with Gasteiger partial charge in [-0.3, -0.25) is 4.40 Å². The van der Waals surface area contributed by atoms with Crippen molar-refractivity contribution in [2.45, 2.75) is 20.8 Å². The van der Waals surface area contributed by atoms with Gasteiger partial charge in [0, 0.05) is 37.4 Å². The van der Waals surface area contributed by atoms with Gasteiger partial charge in [0.1, 0.15) is 17.2 Å². The average Bonchev–Trinajstić information content (AvgIpc) is 2.96. The van der Waals surface area contributed by atoms with Gasteiger partial charge in [0.25, 0.3) is 0 Å². The van der Waals surface area contributed by atoms with Gasteiger partial charge in [0.2, 0.25) is 0 Å². The lowest BCUT2D eigenvalue weighted by molar-refractivity contribution is 0.584. The van der Waals surface area contributed by atoms with E-state index in [0.717, 1.165) is 37.5 Å². The SMILES string of the molecule is Cc1ccc(-c2nc3cc(C)cc(C)n3c2N2CCNCC2)cc1. The number of benzene rings is 1. The van der Waals surface area contributed by atoms with Crippen LogP contribution in [0.3, 0.4) is 0 Å². The number of piperazine rings is 1. The van der Waals surface area contributed by atoms with Gasteiger partial charge in [0.15, 0.2) is 0 Å². The molecule has 1 aliphatic heterocycles. The van der Waals surface area contributed by atoms with E-state index in [1.807, 2.05) is 0 Å². The molecule has 3 heterocycles. The number of nitrogens with zero attached hydrogens (tertiary/aromatic N) is 3. The van der Waals surface area contributed by atoms with E-state index < -0.39 is 0 Å². The molecule has 0 unspecified atom stereocenters. The van der Waals surface area contributed by atoms with Crippen molar-refractivity contribution in [3.05, 3.63) is 53.2 Å².